The van der Waals surface area contributed by atoms with Gasteiger partial charge in [-0.1, -0.05) is 42.0 Å². The molecular formula is C16H13F3N4. The fourth-order valence-electron chi connectivity index (χ4n) is 2.09. The summed E-state index contributed by atoms with van der Waals surface area (Å²) < 4.78 is 37.6. The molecule has 4 nitrogen and oxygen atoms in total. The fourth-order valence-corrected chi connectivity index (χ4v) is 2.09. The lowest BCUT2D eigenvalue weighted by Gasteiger charge is -2.05. The normalized spacial score (nSPS) is 11.7. The van der Waals surface area contributed by atoms with Crippen LogP contribution >= 0.6 is 0 Å². The number of tetrazole rings is 1. The summed E-state index contributed by atoms with van der Waals surface area (Å²) in [7, 11) is 0. The van der Waals surface area contributed by atoms with E-state index in [1.807, 2.05) is 31.2 Å². The number of alkyl halides is 3. The fraction of sp³-hybridized carbons (Fsp3) is 0.188. The van der Waals surface area contributed by atoms with Crippen molar-refractivity contribution in [3.05, 3.63) is 65.2 Å². The number of aryl methyl sites for hydroxylation is 1. The molecule has 0 amide bonds. The predicted octanol–water partition coefficient (Wildman–Crippen LogP) is 3.72. The highest BCUT2D eigenvalue weighted by Gasteiger charge is 2.30. The van der Waals surface area contributed by atoms with Crippen LogP contribution in [0.3, 0.4) is 0 Å². The van der Waals surface area contributed by atoms with Crippen LogP contribution in [0, 0.1) is 6.92 Å². The van der Waals surface area contributed by atoms with Crippen LogP contribution in [0.25, 0.3) is 11.4 Å². The third-order valence-electron chi connectivity index (χ3n) is 3.37. The van der Waals surface area contributed by atoms with Crippen LogP contribution in [0.2, 0.25) is 0 Å². The molecule has 0 saturated carbocycles. The molecule has 3 aromatic rings. The standard InChI is InChI=1S/C16H13F3N4/c1-11-2-4-12(5-3-11)10-23-21-15(20-22-23)13-6-8-14(9-7-13)16(17,18)19/h2-9H,10H2,1H3. The summed E-state index contributed by atoms with van der Waals surface area (Å²) in [6, 6.07) is 12.6. The largest absolute Gasteiger partial charge is 0.416 e. The Morgan fingerprint density at radius 3 is 2.22 bits per heavy atom. The molecule has 0 aliphatic heterocycles. The van der Waals surface area contributed by atoms with Crippen molar-refractivity contribution in [1.82, 2.24) is 20.2 Å². The van der Waals surface area contributed by atoms with Gasteiger partial charge in [0.15, 0.2) is 0 Å². The molecule has 7 heteroatoms. The van der Waals surface area contributed by atoms with Gasteiger partial charge in [-0.15, -0.1) is 10.2 Å². The molecule has 0 atom stereocenters. The Morgan fingerprint density at radius 2 is 1.61 bits per heavy atom. The number of nitrogens with zero attached hydrogens (tertiary/aromatic N) is 4. The maximum atomic E-state index is 12.5. The first-order valence-corrected chi connectivity index (χ1v) is 6.93. The lowest BCUT2D eigenvalue weighted by Crippen LogP contribution is -2.04. The maximum absolute atomic E-state index is 12.5. The molecule has 3 rings (SSSR count). The number of hydrogen-bond acceptors (Lipinski definition) is 3. The van der Waals surface area contributed by atoms with E-state index in [4.69, 9.17) is 0 Å². The van der Waals surface area contributed by atoms with Crippen molar-refractivity contribution in [2.24, 2.45) is 0 Å². The average molecular weight is 318 g/mol. The maximum Gasteiger partial charge on any atom is 0.416 e. The van der Waals surface area contributed by atoms with E-state index < -0.39 is 11.7 Å². The van der Waals surface area contributed by atoms with Gasteiger partial charge in [0.2, 0.25) is 5.82 Å². The molecule has 0 bridgehead atoms. The Bertz CT molecular complexity index is 789. The van der Waals surface area contributed by atoms with Gasteiger partial charge in [-0.3, -0.25) is 0 Å². The second kappa shape index (κ2) is 5.83. The van der Waals surface area contributed by atoms with Gasteiger partial charge in [-0.05, 0) is 29.8 Å². The zero-order chi connectivity index (χ0) is 16.4. The van der Waals surface area contributed by atoms with E-state index >= 15 is 0 Å². The minimum Gasteiger partial charge on any atom is -0.166 e. The van der Waals surface area contributed by atoms with E-state index in [0.29, 0.717) is 17.9 Å². The number of rotatable bonds is 3. The second-order valence-corrected chi connectivity index (χ2v) is 5.20. The molecule has 1 heterocycles. The van der Waals surface area contributed by atoms with Gasteiger partial charge in [-0.2, -0.15) is 18.0 Å². The van der Waals surface area contributed by atoms with E-state index in [0.717, 1.165) is 23.3 Å². The summed E-state index contributed by atoms with van der Waals surface area (Å²) in [5, 5.41) is 12.0. The molecule has 0 aliphatic carbocycles. The van der Waals surface area contributed by atoms with E-state index in [2.05, 4.69) is 15.4 Å². The summed E-state index contributed by atoms with van der Waals surface area (Å²) in [6.07, 6.45) is -4.35. The summed E-state index contributed by atoms with van der Waals surface area (Å²) in [6.45, 7) is 2.45. The number of benzene rings is 2. The predicted molar refractivity (Wildman–Crippen MR) is 78.5 cm³/mol. The molecule has 0 unspecified atom stereocenters. The van der Waals surface area contributed by atoms with E-state index in [1.165, 1.54) is 16.9 Å². The summed E-state index contributed by atoms with van der Waals surface area (Å²) in [5.41, 5.74) is 1.97. The van der Waals surface area contributed by atoms with Crippen molar-refractivity contribution in [2.75, 3.05) is 0 Å². The zero-order valence-electron chi connectivity index (χ0n) is 12.2. The molecule has 0 saturated heterocycles. The first kappa shape index (κ1) is 15.2. The Labute approximate surface area is 130 Å². The minimum atomic E-state index is -4.35. The van der Waals surface area contributed by atoms with Gasteiger partial charge in [0.05, 0.1) is 12.1 Å². The highest BCUT2D eigenvalue weighted by Crippen LogP contribution is 2.30. The quantitative estimate of drug-likeness (QED) is 0.739. The lowest BCUT2D eigenvalue weighted by molar-refractivity contribution is -0.137. The van der Waals surface area contributed by atoms with Gasteiger partial charge in [-0.25, -0.2) is 0 Å². The Morgan fingerprint density at radius 1 is 0.957 bits per heavy atom. The highest BCUT2D eigenvalue weighted by atomic mass is 19.4. The molecule has 0 radical (unpaired) electrons. The van der Waals surface area contributed by atoms with Gasteiger partial charge in [0.1, 0.15) is 0 Å². The summed E-state index contributed by atoms with van der Waals surface area (Å²) >= 11 is 0. The van der Waals surface area contributed by atoms with Crippen LogP contribution in [0.4, 0.5) is 13.2 Å². The van der Waals surface area contributed by atoms with Crippen molar-refractivity contribution < 1.29 is 13.2 Å². The molecular weight excluding hydrogens is 305 g/mol. The van der Waals surface area contributed by atoms with Crippen molar-refractivity contribution in [1.29, 1.82) is 0 Å². The summed E-state index contributed by atoms with van der Waals surface area (Å²) in [5.74, 6) is 0.297. The van der Waals surface area contributed by atoms with Crippen LogP contribution in [0.1, 0.15) is 16.7 Å². The molecule has 0 fully saturated rings. The number of aromatic nitrogens is 4. The Balaban J connectivity index is 1.77. The SMILES string of the molecule is Cc1ccc(Cn2nnc(-c3ccc(C(F)(F)F)cc3)n2)cc1. The average Bonchev–Trinajstić information content (AvgIpc) is 2.97. The first-order valence-electron chi connectivity index (χ1n) is 6.93. The molecule has 0 aliphatic rings. The monoisotopic (exact) mass is 318 g/mol. The van der Waals surface area contributed by atoms with Gasteiger partial charge >= 0.3 is 6.18 Å². The van der Waals surface area contributed by atoms with Gasteiger partial charge in [0.25, 0.3) is 0 Å². The van der Waals surface area contributed by atoms with Crippen molar-refractivity contribution in [3.63, 3.8) is 0 Å². The Kier molecular flexibility index (Phi) is 3.85. The second-order valence-electron chi connectivity index (χ2n) is 5.20. The van der Waals surface area contributed by atoms with Gasteiger partial charge < -0.3 is 0 Å². The molecule has 23 heavy (non-hydrogen) atoms. The van der Waals surface area contributed by atoms with Crippen LogP contribution < -0.4 is 0 Å². The molecule has 0 spiro atoms. The first-order chi connectivity index (χ1) is 10.9. The third-order valence-corrected chi connectivity index (χ3v) is 3.37. The zero-order valence-corrected chi connectivity index (χ0v) is 12.2. The smallest absolute Gasteiger partial charge is 0.166 e. The minimum absolute atomic E-state index is 0.297. The highest BCUT2D eigenvalue weighted by molar-refractivity contribution is 5.54. The van der Waals surface area contributed by atoms with E-state index in [1.54, 1.807) is 0 Å². The summed E-state index contributed by atoms with van der Waals surface area (Å²) in [4.78, 5) is 1.41. The van der Waals surface area contributed by atoms with Crippen LogP contribution in [-0.2, 0) is 12.7 Å². The van der Waals surface area contributed by atoms with Crippen LogP contribution in [-0.4, -0.2) is 20.2 Å². The molecule has 0 N–H and O–H groups in total. The van der Waals surface area contributed by atoms with Crippen LogP contribution in [0.5, 0.6) is 0 Å². The van der Waals surface area contributed by atoms with Crippen LogP contribution in [0.15, 0.2) is 48.5 Å². The van der Waals surface area contributed by atoms with Gasteiger partial charge in [0, 0.05) is 5.56 Å². The van der Waals surface area contributed by atoms with Crippen molar-refractivity contribution in [3.8, 4) is 11.4 Å². The van der Waals surface area contributed by atoms with Crippen molar-refractivity contribution in [2.45, 2.75) is 19.6 Å². The molecule has 1 aromatic heterocycles. The lowest BCUT2D eigenvalue weighted by atomic mass is 10.1. The Hall–Kier alpha value is -2.70. The van der Waals surface area contributed by atoms with E-state index in [9.17, 15) is 13.2 Å². The van der Waals surface area contributed by atoms with E-state index in [-0.39, 0.29) is 0 Å². The molecule has 118 valence electrons. The molecule has 2 aromatic carbocycles. The number of halogens is 3. The van der Waals surface area contributed by atoms with Crippen molar-refractivity contribution >= 4 is 0 Å². The topological polar surface area (TPSA) is 43.6 Å². The third kappa shape index (κ3) is 3.56. The number of hydrogen-bond donors (Lipinski definition) is 0.